The zero-order chi connectivity index (χ0) is 15.3. The van der Waals surface area contributed by atoms with Crippen molar-refractivity contribution in [3.05, 3.63) is 22.8 Å². The van der Waals surface area contributed by atoms with Crippen LogP contribution in [-0.4, -0.2) is 50.9 Å². The highest BCUT2D eigenvalue weighted by Crippen LogP contribution is 2.33. The summed E-state index contributed by atoms with van der Waals surface area (Å²) in [5.74, 6) is 1.81. The minimum atomic E-state index is 0.182. The second-order valence-electron chi connectivity index (χ2n) is 5.90. The van der Waals surface area contributed by atoms with Gasteiger partial charge in [-0.05, 0) is 28.8 Å². The number of nitrogens with zero attached hydrogens (tertiary/aromatic N) is 4. The van der Waals surface area contributed by atoms with Gasteiger partial charge in [0.05, 0.1) is 6.54 Å². The smallest absolute Gasteiger partial charge is 0.236 e. The van der Waals surface area contributed by atoms with Crippen LogP contribution in [0.1, 0.15) is 24.6 Å². The number of fused-ring (bicyclic) bond motifs is 2. The number of nitrogens with one attached hydrogen (secondary N) is 1. The fraction of sp³-hybridized carbons (Fsp3) is 0.500. The molecule has 2 unspecified atom stereocenters. The summed E-state index contributed by atoms with van der Waals surface area (Å²) in [6, 6.07) is 0.318. The number of anilines is 1. The van der Waals surface area contributed by atoms with E-state index in [4.69, 9.17) is 5.73 Å². The van der Waals surface area contributed by atoms with Crippen molar-refractivity contribution in [1.29, 1.82) is 0 Å². The molecule has 7 nitrogen and oxygen atoms in total. The van der Waals surface area contributed by atoms with E-state index in [0.29, 0.717) is 23.0 Å². The number of carbonyl (C=O) groups is 1. The van der Waals surface area contributed by atoms with E-state index in [1.807, 2.05) is 15.5 Å². The average Bonchev–Trinajstić information content (AvgIpc) is 2.86. The quantitative estimate of drug-likeness (QED) is 0.779. The van der Waals surface area contributed by atoms with Gasteiger partial charge in [-0.1, -0.05) is 0 Å². The molecule has 2 aliphatic rings. The molecular weight excluding hydrogens is 348 g/mol. The monoisotopic (exact) mass is 364 g/mol. The summed E-state index contributed by atoms with van der Waals surface area (Å²) in [6.45, 7) is 2.05. The first-order valence-corrected chi connectivity index (χ1v) is 8.22. The highest BCUT2D eigenvalue weighted by atomic mass is 79.9. The van der Waals surface area contributed by atoms with Crippen LogP contribution in [0.5, 0.6) is 0 Å². The summed E-state index contributed by atoms with van der Waals surface area (Å²) < 4.78 is 2.70. The van der Waals surface area contributed by atoms with E-state index >= 15 is 0 Å². The van der Waals surface area contributed by atoms with Crippen LogP contribution in [-0.2, 0) is 4.79 Å². The molecule has 0 saturated carbocycles. The van der Waals surface area contributed by atoms with Crippen LogP contribution in [0.25, 0.3) is 5.52 Å². The highest BCUT2D eigenvalue weighted by molar-refractivity contribution is 9.10. The molecule has 22 heavy (non-hydrogen) atoms. The van der Waals surface area contributed by atoms with Crippen LogP contribution >= 0.6 is 15.9 Å². The van der Waals surface area contributed by atoms with Crippen molar-refractivity contribution in [2.75, 3.05) is 25.4 Å². The molecule has 116 valence electrons. The number of piperidine rings is 1. The summed E-state index contributed by atoms with van der Waals surface area (Å²) in [5.41, 5.74) is 6.75. The lowest BCUT2D eigenvalue weighted by atomic mass is 9.91. The molecule has 4 heterocycles. The van der Waals surface area contributed by atoms with Crippen molar-refractivity contribution in [2.24, 2.45) is 0 Å². The van der Waals surface area contributed by atoms with Gasteiger partial charge in [0.1, 0.15) is 15.9 Å². The number of nitrogens with two attached hydrogens (primary N) is 1. The van der Waals surface area contributed by atoms with Gasteiger partial charge in [-0.15, -0.1) is 0 Å². The molecule has 0 aliphatic carbocycles. The first kappa shape index (κ1) is 14.0. The Balaban J connectivity index is 1.71. The van der Waals surface area contributed by atoms with E-state index in [-0.39, 0.29) is 11.8 Å². The molecule has 8 heteroatoms. The van der Waals surface area contributed by atoms with Crippen LogP contribution in [0.2, 0.25) is 0 Å². The number of carbonyl (C=O) groups excluding carboxylic acids is 1. The molecule has 2 aromatic rings. The number of halogens is 1. The van der Waals surface area contributed by atoms with E-state index in [9.17, 15) is 4.79 Å². The number of aromatic nitrogens is 3. The summed E-state index contributed by atoms with van der Waals surface area (Å²) in [5, 5.41) is 3.19. The highest BCUT2D eigenvalue weighted by Gasteiger charge is 2.36. The fourth-order valence-electron chi connectivity index (χ4n) is 3.53. The molecule has 2 aliphatic heterocycles. The number of rotatable bonds is 1. The van der Waals surface area contributed by atoms with E-state index < -0.39 is 0 Å². The maximum absolute atomic E-state index is 12.1. The Hall–Kier alpha value is -1.67. The first-order valence-electron chi connectivity index (χ1n) is 7.43. The van der Waals surface area contributed by atoms with Gasteiger partial charge in [0.2, 0.25) is 5.91 Å². The predicted octanol–water partition coefficient (Wildman–Crippen LogP) is 0.752. The molecular formula is C14H17BrN6O. The lowest BCUT2D eigenvalue weighted by Crippen LogP contribution is -2.57. The van der Waals surface area contributed by atoms with Gasteiger partial charge in [0.15, 0.2) is 5.82 Å². The van der Waals surface area contributed by atoms with Crippen LogP contribution in [0.3, 0.4) is 0 Å². The molecule has 0 radical (unpaired) electrons. The Morgan fingerprint density at radius 2 is 2.27 bits per heavy atom. The molecule has 1 amide bonds. The zero-order valence-corrected chi connectivity index (χ0v) is 13.6. The predicted molar refractivity (Wildman–Crippen MR) is 85.4 cm³/mol. The third-order valence-electron chi connectivity index (χ3n) is 4.62. The Morgan fingerprint density at radius 3 is 3.14 bits per heavy atom. The summed E-state index contributed by atoms with van der Waals surface area (Å²) in [4.78, 5) is 22.9. The molecule has 2 saturated heterocycles. The van der Waals surface area contributed by atoms with E-state index in [1.54, 1.807) is 6.20 Å². The van der Waals surface area contributed by atoms with Gasteiger partial charge in [0.25, 0.3) is 0 Å². The zero-order valence-electron chi connectivity index (χ0n) is 12.0. The second kappa shape index (κ2) is 5.20. The Labute approximate surface area is 136 Å². The van der Waals surface area contributed by atoms with Crippen molar-refractivity contribution in [3.63, 3.8) is 0 Å². The summed E-state index contributed by atoms with van der Waals surface area (Å²) in [7, 11) is 0. The number of amides is 1. The number of hydrogen-bond donors (Lipinski definition) is 2. The third-order valence-corrected chi connectivity index (χ3v) is 5.17. The second-order valence-corrected chi connectivity index (χ2v) is 6.65. The largest absolute Gasteiger partial charge is 0.382 e. The van der Waals surface area contributed by atoms with Crippen molar-refractivity contribution in [1.82, 2.24) is 24.6 Å². The van der Waals surface area contributed by atoms with Crippen molar-refractivity contribution < 1.29 is 4.79 Å². The molecule has 2 fully saturated rings. The molecule has 4 rings (SSSR count). The standard InChI is InChI=1S/C14H17BrN6O/c15-12-11-13(16)18-3-4-20(11)14(19-12)8-1-2-9-5-17-6-10(22)21(9)7-8/h3-4,8-9,17H,1-2,5-7H2,(H2,16,18). The SMILES string of the molecule is Nc1nccn2c(C3CCC4CNCC(=O)N4C3)nc(Br)c12. The van der Waals surface area contributed by atoms with Crippen LogP contribution in [0.15, 0.2) is 17.0 Å². The number of imidazole rings is 1. The lowest BCUT2D eigenvalue weighted by Gasteiger charge is -2.42. The van der Waals surface area contributed by atoms with E-state index in [2.05, 4.69) is 31.2 Å². The van der Waals surface area contributed by atoms with Gasteiger partial charge in [-0.25, -0.2) is 9.97 Å². The van der Waals surface area contributed by atoms with Crippen LogP contribution in [0, 0.1) is 0 Å². The fourth-order valence-corrected chi connectivity index (χ4v) is 4.11. The van der Waals surface area contributed by atoms with Crippen LogP contribution < -0.4 is 11.1 Å². The first-order chi connectivity index (χ1) is 10.6. The van der Waals surface area contributed by atoms with Crippen molar-refractivity contribution in [2.45, 2.75) is 24.8 Å². The van der Waals surface area contributed by atoms with Crippen LogP contribution in [0.4, 0.5) is 5.82 Å². The number of hydrogen-bond acceptors (Lipinski definition) is 5. The van der Waals surface area contributed by atoms with E-state index in [0.717, 1.165) is 37.3 Å². The van der Waals surface area contributed by atoms with Gasteiger partial charge in [-0.2, -0.15) is 0 Å². The lowest BCUT2D eigenvalue weighted by molar-refractivity contribution is -0.136. The molecule has 2 atom stereocenters. The van der Waals surface area contributed by atoms with Gasteiger partial charge in [0, 0.05) is 37.4 Å². The molecule has 2 aromatic heterocycles. The van der Waals surface area contributed by atoms with Gasteiger partial charge < -0.3 is 16.0 Å². The Kier molecular flexibility index (Phi) is 3.30. The molecule has 0 spiro atoms. The average molecular weight is 365 g/mol. The summed E-state index contributed by atoms with van der Waals surface area (Å²) in [6.07, 6.45) is 5.58. The maximum Gasteiger partial charge on any atom is 0.236 e. The third kappa shape index (κ3) is 2.09. The molecule has 3 N–H and O–H groups in total. The van der Waals surface area contributed by atoms with E-state index in [1.165, 1.54) is 0 Å². The van der Waals surface area contributed by atoms with Crippen molar-refractivity contribution in [3.8, 4) is 0 Å². The van der Waals surface area contributed by atoms with Crippen molar-refractivity contribution >= 4 is 33.2 Å². The minimum absolute atomic E-state index is 0.182. The summed E-state index contributed by atoms with van der Waals surface area (Å²) >= 11 is 3.47. The molecule has 0 bridgehead atoms. The normalized spacial score (nSPS) is 25.5. The maximum atomic E-state index is 12.1. The number of piperazine rings is 1. The topological polar surface area (TPSA) is 88.5 Å². The molecule has 0 aromatic carbocycles. The number of nitrogen functional groups attached to an aromatic ring is 1. The minimum Gasteiger partial charge on any atom is -0.382 e. The van der Waals surface area contributed by atoms with Gasteiger partial charge >= 0.3 is 0 Å². The van der Waals surface area contributed by atoms with Gasteiger partial charge in [-0.3, -0.25) is 9.20 Å². The Bertz CT molecular complexity index is 744. The Morgan fingerprint density at radius 1 is 1.41 bits per heavy atom.